The van der Waals surface area contributed by atoms with Gasteiger partial charge < -0.3 is 15.8 Å². The molecule has 0 spiro atoms. The highest BCUT2D eigenvalue weighted by atomic mass is 16.5. The third-order valence-electron chi connectivity index (χ3n) is 4.77. The van der Waals surface area contributed by atoms with E-state index in [9.17, 15) is 4.79 Å². The van der Waals surface area contributed by atoms with Crippen LogP contribution < -0.4 is 11.1 Å². The molecule has 2 aromatic carbocycles. The third kappa shape index (κ3) is 5.31. The highest BCUT2D eigenvalue weighted by Crippen LogP contribution is 2.14. The van der Waals surface area contributed by atoms with Gasteiger partial charge in [0, 0.05) is 38.3 Å². The fraction of sp³-hybridized carbons (Fsp3) is 0.381. The first-order valence-corrected chi connectivity index (χ1v) is 9.19. The Morgan fingerprint density at radius 3 is 2.38 bits per heavy atom. The summed E-state index contributed by atoms with van der Waals surface area (Å²) in [6.07, 6.45) is 1.10. The van der Waals surface area contributed by atoms with Crippen LogP contribution in [0.3, 0.4) is 0 Å². The van der Waals surface area contributed by atoms with Crippen molar-refractivity contribution in [3.63, 3.8) is 0 Å². The molecule has 0 atom stereocenters. The topological polar surface area (TPSA) is 67.6 Å². The largest absolute Gasteiger partial charge is 0.399 e. The third-order valence-corrected chi connectivity index (χ3v) is 4.77. The zero-order chi connectivity index (χ0) is 18.2. The molecular formula is C21H27N3O2. The molecule has 2 aromatic rings. The van der Waals surface area contributed by atoms with Gasteiger partial charge in [-0.3, -0.25) is 9.69 Å². The number of nitrogen functional groups attached to an aromatic ring is 1. The van der Waals surface area contributed by atoms with E-state index in [2.05, 4.69) is 28.4 Å². The minimum absolute atomic E-state index is 0.0504. The molecule has 3 N–H and O–H groups in total. The SMILES string of the molecule is Nc1ccccc1CCC(=O)NCc1ccccc1CN1CCOCC1. The Kier molecular flexibility index (Phi) is 6.63. The average Bonchev–Trinajstić information content (AvgIpc) is 2.67. The monoisotopic (exact) mass is 353 g/mol. The summed E-state index contributed by atoms with van der Waals surface area (Å²) < 4.78 is 5.41. The molecule has 26 heavy (non-hydrogen) atoms. The highest BCUT2D eigenvalue weighted by Gasteiger charge is 2.13. The molecule has 1 aliphatic heterocycles. The lowest BCUT2D eigenvalue weighted by molar-refractivity contribution is -0.121. The van der Waals surface area contributed by atoms with E-state index in [-0.39, 0.29) is 5.91 Å². The summed E-state index contributed by atoms with van der Waals surface area (Å²) in [7, 11) is 0. The van der Waals surface area contributed by atoms with Crippen molar-refractivity contribution < 1.29 is 9.53 Å². The van der Waals surface area contributed by atoms with E-state index < -0.39 is 0 Å². The number of benzene rings is 2. The number of anilines is 1. The van der Waals surface area contributed by atoms with Crippen LogP contribution in [-0.2, 0) is 29.0 Å². The highest BCUT2D eigenvalue weighted by molar-refractivity contribution is 5.76. The lowest BCUT2D eigenvalue weighted by Gasteiger charge is -2.27. The molecule has 0 aromatic heterocycles. The molecule has 1 saturated heterocycles. The predicted octanol–water partition coefficient (Wildman–Crippen LogP) is 2.35. The molecule has 0 unspecified atom stereocenters. The standard InChI is InChI=1S/C21H27N3O2/c22-20-8-4-3-5-17(20)9-10-21(25)23-15-18-6-1-2-7-19(18)16-24-11-13-26-14-12-24/h1-8H,9-16,22H2,(H,23,25). The Morgan fingerprint density at radius 1 is 1.00 bits per heavy atom. The van der Waals surface area contributed by atoms with E-state index >= 15 is 0 Å². The van der Waals surface area contributed by atoms with Crippen LogP contribution in [0.1, 0.15) is 23.1 Å². The van der Waals surface area contributed by atoms with E-state index in [0.717, 1.165) is 44.1 Å². The van der Waals surface area contributed by atoms with Gasteiger partial charge >= 0.3 is 0 Å². The van der Waals surface area contributed by atoms with E-state index in [1.54, 1.807) is 0 Å². The predicted molar refractivity (Wildman–Crippen MR) is 104 cm³/mol. The quantitative estimate of drug-likeness (QED) is 0.750. The minimum atomic E-state index is 0.0504. The van der Waals surface area contributed by atoms with Crippen LogP contribution in [0.5, 0.6) is 0 Å². The Bertz CT molecular complexity index is 727. The van der Waals surface area contributed by atoms with Crippen LogP contribution in [-0.4, -0.2) is 37.1 Å². The van der Waals surface area contributed by atoms with E-state index in [1.165, 1.54) is 11.1 Å². The summed E-state index contributed by atoms with van der Waals surface area (Å²) in [5, 5.41) is 3.04. The van der Waals surface area contributed by atoms with Gasteiger partial charge in [-0.2, -0.15) is 0 Å². The van der Waals surface area contributed by atoms with Crippen molar-refractivity contribution in [1.82, 2.24) is 10.2 Å². The lowest BCUT2D eigenvalue weighted by Crippen LogP contribution is -2.36. The maximum absolute atomic E-state index is 12.2. The van der Waals surface area contributed by atoms with Gasteiger partial charge in [-0.25, -0.2) is 0 Å². The summed E-state index contributed by atoms with van der Waals surface area (Å²) >= 11 is 0. The Balaban J connectivity index is 1.51. The summed E-state index contributed by atoms with van der Waals surface area (Å²) in [4.78, 5) is 14.6. The maximum atomic E-state index is 12.2. The first-order chi connectivity index (χ1) is 12.7. The summed E-state index contributed by atoms with van der Waals surface area (Å²) in [6.45, 7) is 4.96. The normalized spacial score (nSPS) is 14.9. The lowest BCUT2D eigenvalue weighted by atomic mass is 10.1. The Labute approximate surface area is 155 Å². The van der Waals surface area contributed by atoms with E-state index in [1.807, 2.05) is 30.3 Å². The fourth-order valence-corrected chi connectivity index (χ4v) is 3.18. The number of amides is 1. The number of hydrogen-bond acceptors (Lipinski definition) is 4. The summed E-state index contributed by atoms with van der Waals surface area (Å²) in [5.41, 5.74) is 10.1. The van der Waals surface area contributed by atoms with Gasteiger partial charge in [0.25, 0.3) is 0 Å². The Hall–Kier alpha value is -2.37. The van der Waals surface area contributed by atoms with Gasteiger partial charge in [-0.1, -0.05) is 42.5 Å². The maximum Gasteiger partial charge on any atom is 0.220 e. The molecule has 1 aliphatic rings. The van der Waals surface area contributed by atoms with E-state index in [4.69, 9.17) is 10.5 Å². The molecule has 1 heterocycles. The number of nitrogens with two attached hydrogens (primary N) is 1. The number of aryl methyl sites for hydroxylation is 1. The first-order valence-electron chi connectivity index (χ1n) is 9.19. The van der Waals surface area contributed by atoms with Crippen molar-refractivity contribution >= 4 is 11.6 Å². The smallest absolute Gasteiger partial charge is 0.220 e. The summed E-state index contributed by atoms with van der Waals surface area (Å²) in [5.74, 6) is 0.0504. The van der Waals surface area contributed by atoms with Gasteiger partial charge in [0.1, 0.15) is 0 Å². The molecule has 0 aliphatic carbocycles. The van der Waals surface area contributed by atoms with Crippen molar-refractivity contribution in [2.75, 3.05) is 32.0 Å². The number of ether oxygens (including phenoxy) is 1. The fourth-order valence-electron chi connectivity index (χ4n) is 3.18. The zero-order valence-electron chi connectivity index (χ0n) is 15.1. The van der Waals surface area contributed by atoms with Crippen molar-refractivity contribution in [1.29, 1.82) is 0 Å². The van der Waals surface area contributed by atoms with E-state index in [0.29, 0.717) is 19.4 Å². The molecule has 138 valence electrons. The number of carbonyl (C=O) groups is 1. The van der Waals surface area contributed by atoms with Crippen LogP contribution in [0.15, 0.2) is 48.5 Å². The second-order valence-corrected chi connectivity index (χ2v) is 6.63. The molecule has 0 radical (unpaired) electrons. The molecular weight excluding hydrogens is 326 g/mol. The van der Waals surface area contributed by atoms with Crippen LogP contribution in [0, 0.1) is 0 Å². The average molecular weight is 353 g/mol. The van der Waals surface area contributed by atoms with Crippen molar-refractivity contribution in [3.8, 4) is 0 Å². The number of hydrogen-bond donors (Lipinski definition) is 2. The zero-order valence-corrected chi connectivity index (χ0v) is 15.1. The molecule has 1 fully saturated rings. The number of morpholine rings is 1. The number of rotatable bonds is 7. The van der Waals surface area contributed by atoms with Crippen molar-refractivity contribution in [3.05, 3.63) is 65.2 Å². The number of para-hydroxylation sites is 1. The number of nitrogens with one attached hydrogen (secondary N) is 1. The Morgan fingerprint density at radius 2 is 1.65 bits per heavy atom. The molecule has 5 heteroatoms. The van der Waals surface area contributed by atoms with Gasteiger partial charge in [0.15, 0.2) is 0 Å². The molecule has 3 rings (SSSR count). The van der Waals surface area contributed by atoms with Crippen LogP contribution in [0.4, 0.5) is 5.69 Å². The molecule has 0 saturated carbocycles. The second kappa shape index (κ2) is 9.36. The van der Waals surface area contributed by atoms with Crippen LogP contribution in [0.2, 0.25) is 0 Å². The second-order valence-electron chi connectivity index (χ2n) is 6.63. The summed E-state index contributed by atoms with van der Waals surface area (Å²) in [6, 6.07) is 16.0. The van der Waals surface area contributed by atoms with Crippen molar-refractivity contribution in [2.24, 2.45) is 0 Å². The molecule has 1 amide bonds. The van der Waals surface area contributed by atoms with Gasteiger partial charge in [-0.15, -0.1) is 0 Å². The van der Waals surface area contributed by atoms with Crippen LogP contribution >= 0.6 is 0 Å². The number of carbonyl (C=O) groups excluding carboxylic acids is 1. The molecule has 0 bridgehead atoms. The van der Waals surface area contributed by atoms with Crippen molar-refractivity contribution in [2.45, 2.75) is 25.9 Å². The van der Waals surface area contributed by atoms with Gasteiger partial charge in [-0.05, 0) is 29.2 Å². The molecule has 5 nitrogen and oxygen atoms in total. The van der Waals surface area contributed by atoms with Gasteiger partial charge in [0.2, 0.25) is 5.91 Å². The van der Waals surface area contributed by atoms with Crippen LogP contribution in [0.25, 0.3) is 0 Å². The van der Waals surface area contributed by atoms with Gasteiger partial charge in [0.05, 0.1) is 13.2 Å². The number of nitrogens with zero attached hydrogens (tertiary/aromatic N) is 1. The minimum Gasteiger partial charge on any atom is -0.399 e. The first kappa shape index (κ1) is 18.4.